The van der Waals surface area contributed by atoms with Gasteiger partial charge in [-0.05, 0) is 37.6 Å². The number of hydrogen-bond acceptors (Lipinski definition) is 3. The van der Waals surface area contributed by atoms with Gasteiger partial charge in [0, 0.05) is 5.56 Å². The SMILES string of the molecule is CC(=O)CC(=O)c1cc(C)cc(C(=O)O)c1. The van der Waals surface area contributed by atoms with E-state index < -0.39 is 5.97 Å². The van der Waals surface area contributed by atoms with E-state index in [0.717, 1.165) is 0 Å². The summed E-state index contributed by atoms with van der Waals surface area (Å²) in [6, 6.07) is 4.35. The number of Topliss-reactive ketones (excluding diaryl/α,β-unsaturated/α-hetero) is 2. The minimum absolute atomic E-state index is 0.0619. The van der Waals surface area contributed by atoms with E-state index in [0.29, 0.717) is 5.56 Å². The Labute approximate surface area is 92.9 Å². The highest BCUT2D eigenvalue weighted by Gasteiger charge is 2.12. The highest BCUT2D eigenvalue weighted by atomic mass is 16.4. The van der Waals surface area contributed by atoms with E-state index in [1.807, 2.05) is 0 Å². The van der Waals surface area contributed by atoms with Gasteiger partial charge in [-0.25, -0.2) is 4.79 Å². The number of benzene rings is 1. The number of rotatable bonds is 4. The number of aryl methyl sites for hydroxylation is 1. The summed E-state index contributed by atoms with van der Waals surface area (Å²) in [6.45, 7) is 3.03. The molecule has 0 aliphatic rings. The van der Waals surface area contributed by atoms with Crippen LogP contribution in [0.4, 0.5) is 0 Å². The lowest BCUT2D eigenvalue weighted by Gasteiger charge is -2.03. The normalized spacial score (nSPS) is 9.88. The van der Waals surface area contributed by atoms with E-state index in [9.17, 15) is 14.4 Å². The van der Waals surface area contributed by atoms with E-state index in [-0.39, 0.29) is 29.1 Å². The zero-order chi connectivity index (χ0) is 12.3. The minimum atomic E-state index is -1.08. The average Bonchev–Trinajstić information content (AvgIpc) is 2.15. The summed E-state index contributed by atoms with van der Waals surface area (Å²) in [5, 5.41) is 8.82. The smallest absolute Gasteiger partial charge is 0.335 e. The van der Waals surface area contributed by atoms with Crippen molar-refractivity contribution in [3.8, 4) is 0 Å². The zero-order valence-corrected chi connectivity index (χ0v) is 9.11. The molecule has 4 heteroatoms. The number of ketones is 2. The predicted molar refractivity (Wildman–Crippen MR) is 57.8 cm³/mol. The van der Waals surface area contributed by atoms with Crippen LogP contribution >= 0.6 is 0 Å². The molecule has 0 aromatic heterocycles. The highest BCUT2D eigenvalue weighted by molar-refractivity contribution is 6.08. The van der Waals surface area contributed by atoms with Crippen LogP contribution in [-0.2, 0) is 4.79 Å². The quantitative estimate of drug-likeness (QED) is 0.621. The Bertz CT molecular complexity index is 460. The standard InChI is InChI=1S/C12H12O4/c1-7-3-9(11(14)5-8(2)13)6-10(4-7)12(15)16/h3-4,6H,5H2,1-2H3,(H,15,16). The Kier molecular flexibility index (Phi) is 3.55. The van der Waals surface area contributed by atoms with Crippen molar-refractivity contribution in [2.45, 2.75) is 20.3 Å². The highest BCUT2D eigenvalue weighted by Crippen LogP contribution is 2.12. The van der Waals surface area contributed by atoms with E-state index in [2.05, 4.69) is 0 Å². The Morgan fingerprint density at radius 3 is 2.19 bits per heavy atom. The van der Waals surface area contributed by atoms with Crippen molar-refractivity contribution in [2.24, 2.45) is 0 Å². The number of carboxylic acids is 1. The molecule has 16 heavy (non-hydrogen) atoms. The van der Waals surface area contributed by atoms with E-state index in [4.69, 9.17) is 5.11 Å². The molecule has 0 radical (unpaired) electrons. The number of carbonyl (C=O) groups is 3. The van der Waals surface area contributed by atoms with Crippen molar-refractivity contribution < 1.29 is 19.5 Å². The first-order valence-corrected chi connectivity index (χ1v) is 4.78. The first-order chi connectivity index (χ1) is 7.40. The summed E-state index contributed by atoms with van der Waals surface area (Å²) in [5.41, 5.74) is 1.02. The molecule has 0 spiro atoms. The van der Waals surface area contributed by atoms with Crippen LogP contribution in [0, 0.1) is 6.92 Å². The Morgan fingerprint density at radius 2 is 1.69 bits per heavy atom. The van der Waals surface area contributed by atoms with Crippen LogP contribution in [0.3, 0.4) is 0 Å². The molecule has 0 fully saturated rings. The molecule has 0 saturated heterocycles. The molecule has 1 N–H and O–H groups in total. The fourth-order valence-electron chi connectivity index (χ4n) is 1.40. The second-order valence-electron chi connectivity index (χ2n) is 3.69. The fraction of sp³-hybridized carbons (Fsp3) is 0.250. The molecule has 0 amide bonds. The van der Waals surface area contributed by atoms with Gasteiger partial charge >= 0.3 is 5.97 Å². The lowest BCUT2D eigenvalue weighted by molar-refractivity contribution is -0.116. The fourth-order valence-corrected chi connectivity index (χ4v) is 1.40. The topological polar surface area (TPSA) is 71.4 Å². The molecule has 0 atom stereocenters. The molecule has 1 aromatic rings. The summed E-state index contributed by atoms with van der Waals surface area (Å²) in [6.07, 6.45) is -0.192. The predicted octanol–water partition coefficient (Wildman–Crippen LogP) is 1.86. The van der Waals surface area contributed by atoms with Crippen molar-refractivity contribution >= 4 is 17.5 Å². The molecule has 0 saturated carbocycles. The molecule has 1 aromatic carbocycles. The second-order valence-corrected chi connectivity index (χ2v) is 3.69. The lowest BCUT2D eigenvalue weighted by Crippen LogP contribution is -2.07. The maximum atomic E-state index is 11.6. The van der Waals surface area contributed by atoms with Gasteiger partial charge in [-0.2, -0.15) is 0 Å². The number of hydrogen-bond donors (Lipinski definition) is 1. The first kappa shape index (κ1) is 12.1. The van der Waals surface area contributed by atoms with Gasteiger partial charge in [0.25, 0.3) is 0 Å². The van der Waals surface area contributed by atoms with Gasteiger partial charge in [-0.15, -0.1) is 0 Å². The molecule has 0 heterocycles. The van der Waals surface area contributed by atoms with Crippen LogP contribution in [-0.4, -0.2) is 22.6 Å². The largest absolute Gasteiger partial charge is 0.478 e. The summed E-state index contributed by atoms with van der Waals surface area (Å²) < 4.78 is 0. The lowest BCUT2D eigenvalue weighted by atomic mass is 10.0. The molecular weight excluding hydrogens is 208 g/mol. The summed E-state index contributed by atoms with van der Waals surface area (Å²) in [7, 11) is 0. The Balaban J connectivity index is 3.09. The van der Waals surface area contributed by atoms with Crippen LogP contribution < -0.4 is 0 Å². The molecule has 1 rings (SSSR count). The Morgan fingerprint density at radius 1 is 1.12 bits per heavy atom. The zero-order valence-electron chi connectivity index (χ0n) is 9.11. The monoisotopic (exact) mass is 220 g/mol. The number of carbonyl (C=O) groups excluding carboxylic acids is 2. The third kappa shape index (κ3) is 3.02. The van der Waals surface area contributed by atoms with Gasteiger partial charge in [0.15, 0.2) is 5.78 Å². The third-order valence-corrected chi connectivity index (χ3v) is 2.06. The first-order valence-electron chi connectivity index (χ1n) is 4.78. The third-order valence-electron chi connectivity index (χ3n) is 2.06. The summed E-state index contributed by atoms with van der Waals surface area (Å²) >= 11 is 0. The van der Waals surface area contributed by atoms with Crippen LogP contribution in [0.2, 0.25) is 0 Å². The van der Waals surface area contributed by atoms with Crippen LogP contribution in [0.1, 0.15) is 39.6 Å². The van der Waals surface area contributed by atoms with Crippen molar-refractivity contribution in [1.82, 2.24) is 0 Å². The van der Waals surface area contributed by atoms with Crippen molar-refractivity contribution in [1.29, 1.82) is 0 Å². The molecule has 0 aliphatic carbocycles. The molecule has 0 unspecified atom stereocenters. The average molecular weight is 220 g/mol. The maximum Gasteiger partial charge on any atom is 0.335 e. The van der Waals surface area contributed by atoms with E-state index in [1.165, 1.54) is 19.1 Å². The van der Waals surface area contributed by atoms with E-state index >= 15 is 0 Å². The molecular formula is C12H12O4. The van der Waals surface area contributed by atoms with Gasteiger partial charge in [0.05, 0.1) is 12.0 Å². The van der Waals surface area contributed by atoms with Gasteiger partial charge in [0.2, 0.25) is 0 Å². The van der Waals surface area contributed by atoms with Crippen molar-refractivity contribution in [3.05, 3.63) is 34.9 Å². The van der Waals surface area contributed by atoms with Crippen molar-refractivity contribution in [3.63, 3.8) is 0 Å². The Hall–Kier alpha value is -1.97. The van der Waals surface area contributed by atoms with Crippen molar-refractivity contribution in [2.75, 3.05) is 0 Å². The second kappa shape index (κ2) is 4.70. The van der Waals surface area contributed by atoms with Gasteiger partial charge in [-0.3, -0.25) is 9.59 Å². The van der Waals surface area contributed by atoms with Crippen LogP contribution in [0.15, 0.2) is 18.2 Å². The minimum Gasteiger partial charge on any atom is -0.478 e. The van der Waals surface area contributed by atoms with Gasteiger partial charge in [0.1, 0.15) is 5.78 Å². The van der Waals surface area contributed by atoms with Gasteiger partial charge < -0.3 is 5.11 Å². The summed E-state index contributed by atoms with van der Waals surface area (Å²) in [5.74, 6) is -1.66. The molecule has 4 nitrogen and oxygen atoms in total. The number of aromatic carboxylic acids is 1. The van der Waals surface area contributed by atoms with Gasteiger partial charge in [-0.1, -0.05) is 0 Å². The van der Waals surface area contributed by atoms with Crippen LogP contribution in [0.25, 0.3) is 0 Å². The molecule has 0 aliphatic heterocycles. The molecule has 0 bridgehead atoms. The summed E-state index contributed by atoms with van der Waals surface area (Å²) in [4.78, 5) is 33.1. The molecule has 84 valence electrons. The van der Waals surface area contributed by atoms with Crippen LogP contribution in [0.5, 0.6) is 0 Å². The maximum absolute atomic E-state index is 11.6. The van der Waals surface area contributed by atoms with E-state index in [1.54, 1.807) is 13.0 Å². The number of carboxylic acid groups (broad SMARTS) is 1.